The monoisotopic (exact) mass is 651 g/mol. The molecule has 0 amide bonds. The lowest BCUT2D eigenvalue weighted by Gasteiger charge is -2.26. The van der Waals surface area contributed by atoms with Crippen LogP contribution in [0.25, 0.3) is 65.7 Å². The van der Waals surface area contributed by atoms with Crippen molar-refractivity contribution in [2.75, 3.05) is 4.90 Å². The molecule has 0 heterocycles. The van der Waals surface area contributed by atoms with E-state index in [1.54, 1.807) is 0 Å². The molecule has 0 fully saturated rings. The minimum Gasteiger partial charge on any atom is -0.310 e. The first kappa shape index (κ1) is 30.6. The van der Waals surface area contributed by atoms with Crippen molar-refractivity contribution in [1.29, 1.82) is 0 Å². The Kier molecular flexibility index (Phi) is 7.67. The number of nitrogens with zero attached hydrogens (tertiary/aromatic N) is 1. The topological polar surface area (TPSA) is 3.24 Å². The zero-order valence-corrected chi connectivity index (χ0v) is 28.8. The lowest BCUT2D eigenvalue weighted by Crippen LogP contribution is -2.10. The molecule has 9 rings (SSSR count). The second-order valence-corrected chi connectivity index (χ2v) is 13.6. The predicted molar refractivity (Wildman–Crippen MR) is 219 cm³/mol. The summed E-state index contributed by atoms with van der Waals surface area (Å²) in [5.74, 6) is 0. The van der Waals surface area contributed by atoms with Gasteiger partial charge in [0.25, 0.3) is 0 Å². The summed E-state index contributed by atoms with van der Waals surface area (Å²) in [5.41, 5.74) is 13.3. The van der Waals surface area contributed by atoms with Gasteiger partial charge in [-0.05, 0) is 151 Å². The molecule has 1 nitrogen and oxygen atoms in total. The summed E-state index contributed by atoms with van der Waals surface area (Å²) in [6.45, 7) is 4.31. The van der Waals surface area contributed by atoms with Gasteiger partial charge in [0.05, 0.1) is 0 Å². The van der Waals surface area contributed by atoms with Crippen molar-refractivity contribution in [2.45, 2.75) is 13.8 Å². The van der Waals surface area contributed by atoms with E-state index in [9.17, 15) is 0 Å². The van der Waals surface area contributed by atoms with Crippen LogP contribution in [0.5, 0.6) is 0 Å². The molecule has 0 aromatic heterocycles. The van der Waals surface area contributed by atoms with E-state index in [-0.39, 0.29) is 0 Å². The standard InChI is InChI=1S/C50H37N/c1-34-11-5-20-44(27-34)51(45-21-6-12-35(2)28-45)46-22-8-17-41(31-46)48-24-10-19-43-32-49-42(33-50(43)48)18-9-23-47(49)40-16-7-15-38(30-40)39-26-25-36-13-3-4-14-37(36)29-39/h3-33H,1-2H3. The van der Waals surface area contributed by atoms with E-state index in [0.717, 1.165) is 17.1 Å². The van der Waals surface area contributed by atoms with Crippen LogP contribution < -0.4 is 4.90 Å². The molecule has 1 heteroatoms. The van der Waals surface area contributed by atoms with Gasteiger partial charge in [-0.1, -0.05) is 127 Å². The maximum atomic E-state index is 2.38. The summed E-state index contributed by atoms with van der Waals surface area (Å²) in [5, 5.41) is 7.51. The fraction of sp³-hybridized carbons (Fsp3) is 0.0400. The van der Waals surface area contributed by atoms with Crippen LogP contribution in [-0.4, -0.2) is 0 Å². The maximum Gasteiger partial charge on any atom is 0.0467 e. The van der Waals surface area contributed by atoms with Gasteiger partial charge < -0.3 is 4.90 Å². The van der Waals surface area contributed by atoms with Crippen LogP contribution in [0.3, 0.4) is 0 Å². The molecule has 0 saturated carbocycles. The number of aryl methyl sites for hydroxylation is 2. The van der Waals surface area contributed by atoms with Crippen LogP contribution in [0.2, 0.25) is 0 Å². The first-order valence-electron chi connectivity index (χ1n) is 17.7. The summed E-state index contributed by atoms with van der Waals surface area (Å²) >= 11 is 0. The van der Waals surface area contributed by atoms with Gasteiger partial charge in [-0.2, -0.15) is 0 Å². The minimum atomic E-state index is 1.13. The van der Waals surface area contributed by atoms with Crippen molar-refractivity contribution in [1.82, 2.24) is 0 Å². The van der Waals surface area contributed by atoms with Crippen molar-refractivity contribution in [3.05, 3.63) is 199 Å². The van der Waals surface area contributed by atoms with Crippen molar-refractivity contribution < 1.29 is 0 Å². The number of hydrogen-bond donors (Lipinski definition) is 0. The first-order valence-corrected chi connectivity index (χ1v) is 17.7. The van der Waals surface area contributed by atoms with Crippen LogP contribution in [-0.2, 0) is 0 Å². The molecule has 0 N–H and O–H groups in total. The van der Waals surface area contributed by atoms with E-state index in [1.807, 2.05) is 0 Å². The lowest BCUT2D eigenvalue weighted by atomic mass is 9.91. The summed E-state index contributed by atoms with van der Waals surface area (Å²) in [6.07, 6.45) is 0. The third kappa shape index (κ3) is 5.83. The van der Waals surface area contributed by atoms with E-state index in [1.165, 1.54) is 76.8 Å². The quantitative estimate of drug-likeness (QED) is 0.162. The molecule has 0 radical (unpaired) electrons. The van der Waals surface area contributed by atoms with Crippen LogP contribution in [0.15, 0.2) is 188 Å². The fourth-order valence-corrected chi connectivity index (χ4v) is 7.58. The van der Waals surface area contributed by atoms with Crippen LogP contribution in [0.4, 0.5) is 17.1 Å². The molecule has 9 aromatic rings. The molecule has 242 valence electrons. The number of fused-ring (bicyclic) bond motifs is 3. The van der Waals surface area contributed by atoms with Crippen molar-refractivity contribution in [3.8, 4) is 33.4 Å². The first-order chi connectivity index (χ1) is 25.1. The van der Waals surface area contributed by atoms with Gasteiger partial charge in [-0.25, -0.2) is 0 Å². The molecule has 0 aliphatic carbocycles. The van der Waals surface area contributed by atoms with Gasteiger partial charge in [0.15, 0.2) is 0 Å². The van der Waals surface area contributed by atoms with E-state index >= 15 is 0 Å². The van der Waals surface area contributed by atoms with Crippen molar-refractivity contribution >= 4 is 49.4 Å². The summed E-state index contributed by atoms with van der Waals surface area (Å²) in [4.78, 5) is 2.36. The highest BCUT2D eigenvalue weighted by molar-refractivity contribution is 6.09. The SMILES string of the molecule is Cc1cccc(N(c2cccc(C)c2)c2cccc(-c3cccc4cc5c(-c6cccc(-c7ccc8ccccc8c7)c6)cccc5cc34)c2)c1. The van der Waals surface area contributed by atoms with Gasteiger partial charge in [0, 0.05) is 17.1 Å². The summed E-state index contributed by atoms with van der Waals surface area (Å²) < 4.78 is 0. The fourth-order valence-electron chi connectivity index (χ4n) is 7.58. The van der Waals surface area contributed by atoms with Gasteiger partial charge in [0.2, 0.25) is 0 Å². The third-order valence-electron chi connectivity index (χ3n) is 10.1. The molecule has 0 unspecified atom stereocenters. The number of anilines is 3. The summed E-state index contributed by atoms with van der Waals surface area (Å²) in [6, 6.07) is 68.9. The van der Waals surface area contributed by atoms with Crippen LogP contribution >= 0.6 is 0 Å². The predicted octanol–water partition coefficient (Wildman–Crippen LogP) is 14.2. The van der Waals surface area contributed by atoms with E-state index in [2.05, 4.69) is 207 Å². The Morgan fingerprint density at radius 3 is 1.39 bits per heavy atom. The Morgan fingerprint density at radius 2 is 0.765 bits per heavy atom. The molecule has 0 bridgehead atoms. The second-order valence-electron chi connectivity index (χ2n) is 13.6. The molecule has 9 aromatic carbocycles. The highest BCUT2D eigenvalue weighted by Gasteiger charge is 2.15. The van der Waals surface area contributed by atoms with Gasteiger partial charge >= 0.3 is 0 Å². The van der Waals surface area contributed by atoms with E-state index in [4.69, 9.17) is 0 Å². The highest BCUT2D eigenvalue weighted by atomic mass is 15.1. The summed E-state index contributed by atoms with van der Waals surface area (Å²) in [7, 11) is 0. The zero-order chi connectivity index (χ0) is 34.3. The van der Waals surface area contributed by atoms with Gasteiger partial charge in [-0.15, -0.1) is 0 Å². The highest BCUT2D eigenvalue weighted by Crippen LogP contribution is 2.40. The Balaban J connectivity index is 1.14. The molecular weight excluding hydrogens is 615 g/mol. The minimum absolute atomic E-state index is 1.13. The smallest absolute Gasteiger partial charge is 0.0467 e. The molecular formula is C50H37N. The average Bonchev–Trinajstić information content (AvgIpc) is 3.17. The largest absolute Gasteiger partial charge is 0.310 e. The molecule has 0 aliphatic heterocycles. The molecule has 0 spiro atoms. The molecule has 0 saturated heterocycles. The number of rotatable bonds is 6. The van der Waals surface area contributed by atoms with Crippen molar-refractivity contribution in [2.24, 2.45) is 0 Å². The Hall–Kier alpha value is -6.44. The van der Waals surface area contributed by atoms with E-state index in [0.29, 0.717) is 0 Å². The molecule has 0 aliphatic rings. The average molecular weight is 652 g/mol. The van der Waals surface area contributed by atoms with Gasteiger partial charge in [0.1, 0.15) is 0 Å². The van der Waals surface area contributed by atoms with Crippen LogP contribution in [0.1, 0.15) is 11.1 Å². The van der Waals surface area contributed by atoms with Crippen LogP contribution in [0, 0.1) is 13.8 Å². The van der Waals surface area contributed by atoms with Gasteiger partial charge in [-0.3, -0.25) is 0 Å². The molecule has 0 atom stereocenters. The zero-order valence-electron chi connectivity index (χ0n) is 28.8. The Morgan fingerprint density at radius 1 is 0.294 bits per heavy atom. The Labute approximate surface area is 299 Å². The number of hydrogen-bond acceptors (Lipinski definition) is 1. The second kappa shape index (κ2) is 12.8. The lowest BCUT2D eigenvalue weighted by molar-refractivity contribution is 1.26. The van der Waals surface area contributed by atoms with Crippen molar-refractivity contribution in [3.63, 3.8) is 0 Å². The third-order valence-corrected chi connectivity index (χ3v) is 10.1. The normalized spacial score (nSPS) is 11.3. The van der Waals surface area contributed by atoms with E-state index < -0.39 is 0 Å². The molecule has 51 heavy (non-hydrogen) atoms. The maximum absolute atomic E-state index is 2.38. The number of benzene rings is 9. The Bertz CT molecular complexity index is 2690.